The molecular weight excluding hydrogens is 526 g/mol. The number of aliphatic hydroxyl groups is 2. The van der Waals surface area contributed by atoms with E-state index in [0.29, 0.717) is 24.4 Å². The number of esters is 1. The Morgan fingerprint density at radius 2 is 1.60 bits per heavy atom. The SMILES string of the molecule is CCCCCCCCCCCCCCCCCC(=O)OC1=CC[C@@]2(O)[C@H]3Cc4ccc(CO)c5c4[C@@]2(CCN3C)[C@H]1O5. The smallest absolute Gasteiger partial charge is 0.310 e. The van der Waals surface area contributed by atoms with Gasteiger partial charge in [0.2, 0.25) is 0 Å². The van der Waals surface area contributed by atoms with Gasteiger partial charge in [-0.3, -0.25) is 4.79 Å². The molecule has 1 saturated heterocycles. The summed E-state index contributed by atoms with van der Waals surface area (Å²) in [7, 11) is 2.09. The van der Waals surface area contributed by atoms with Crippen LogP contribution in [0.15, 0.2) is 24.0 Å². The fraction of sp³-hybridized carbons (Fsp3) is 0.750. The molecule has 6 heteroatoms. The predicted molar refractivity (Wildman–Crippen MR) is 166 cm³/mol. The Morgan fingerprint density at radius 1 is 0.976 bits per heavy atom. The molecule has 5 rings (SSSR count). The van der Waals surface area contributed by atoms with Gasteiger partial charge in [-0.15, -0.1) is 0 Å². The van der Waals surface area contributed by atoms with E-state index in [9.17, 15) is 15.0 Å². The van der Waals surface area contributed by atoms with Crippen LogP contribution in [0, 0.1) is 0 Å². The van der Waals surface area contributed by atoms with E-state index < -0.39 is 17.1 Å². The average molecular weight is 582 g/mol. The summed E-state index contributed by atoms with van der Waals surface area (Å²) in [6.45, 7) is 3.00. The summed E-state index contributed by atoms with van der Waals surface area (Å²) in [5.41, 5.74) is 1.30. The number of likely N-dealkylation sites (N-methyl/N-ethyl adjacent to an activating group) is 1. The van der Waals surface area contributed by atoms with E-state index in [1.807, 2.05) is 12.1 Å². The molecule has 2 heterocycles. The molecule has 0 aromatic heterocycles. The topological polar surface area (TPSA) is 79.2 Å². The van der Waals surface area contributed by atoms with Gasteiger partial charge in [-0.25, -0.2) is 0 Å². The highest BCUT2D eigenvalue weighted by Gasteiger charge is 2.71. The molecule has 42 heavy (non-hydrogen) atoms. The van der Waals surface area contributed by atoms with E-state index >= 15 is 0 Å². The number of unbranched alkanes of at least 4 members (excludes halogenated alkanes) is 14. The fourth-order valence-corrected chi connectivity index (χ4v) is 8.45. The van der Waals surface area contributed by atoms with Crippen LogP contribution in [0.4, 0.5) is 0 Å². The molecule has 1 aromatic carbocycles. The van der Waals surface area contributed by atoms with Crippen LogP contribution in [0.5, 0.6) is 5.75 Å². The fourth-order valence-electron chi connectivity index (χ4n) is 8.45. The van der Waals surface area contributed by atoms with Crippen LogP contribution in [-0.2, 0) is 28.0 Å². The van der Waals surface area contributed by atoms with Crippen molar-refractivity contribution < 1.29 is 24.5 Å². The molecule has 2 bridgehead atoms. The van der Waals surface area contributed by atoms with Crippen LogP contribution in [0.2, 0.25) is 0 Å². The second kappa shape index (κ2) is 14.3. The number of hydrogen-bond acceptors (Lipinski definition) is 6. The zero-order valence-electron chi connectivity index (χ0n) is 26.3. The molecular formula is C36H55NO5. The molecule has 6 nitrogen and oxygen atoms in total. The number of carbonyl (C=O) groups excluding carboxylic acids is 1. The third kappa shape index (κ3) is 6.05. The predicted octanol–water partition coefficient (Wildman–Crippen LogP) is 7.26. The van der Waals surface area contributed by atoms with Gasteiger partial charge < -0.3 is 24.6 Å². The van der Waals surface area contributed by atoms with E-state index in [1.165, 1.54) is 89.0 Å². The minimum absolute atomic E-state index is 0.0235. The van der Waals surface area contributed by atoms with Crippen molar-refractivity contribution in [3.05, 3.63) is 40.7 Å². The van der Waals surface area contributed by atoms with Gasteiger partial charge in [-0.05, 0) is 44.5 Å². The average Bonchev–Trinajstić information content (AvgIpc) is 3.34. The first-order valence-corrected chi connectivity index (χ1v) is 17.2. The summed E-state index contributed by atoms with van der Waals surface area (Å²) in [4.78, 5) is 15.2. The van der Waals surface area contributed by atoms with Gasteiger partial charge in [0.25, 0.3) is 0 Å². The van der Waals surface area contributed by atoms with Gasteiger partial charge in [-0.2, -0.15) is 0 Å². The van der Waals surface area contributed by atoms with Gasteiger partial charge in [0.1, 0.15) is 11.5 Å². The molecule has 1 aromatic rings. The summed E-state index contributed by atoms with van der Waals surface area (Å²) in [6, 6.07) is 4.00. The lowest BCUT2D eigenvalue weighted by Gasteiger charge is -2.61. The van der Waals surface area contributed by atoms with Gasteiger partial charge in [0.05, 0.1) is 17.6 Å². The highest BCUT2D eigenvalue weighted by molar-refractivity contribution is 5.71. The van der Waals surface area contributed by atoms with Crippen molar-refractivity contribution in [3.63, 3.8) is 0 Å². The summed E-state index contributed by atoms with van der Waals surface area (Å²) in [5, 5.41) is 22.3. The third-order valence-electron chi connectivity index (χ3n) is 10.8. The largest absolute Gasteiger partial charge is 0.481 e. The van der Waals surface area contributed by atoms with Crippen LogP contribution >= 0.6 is 0 Å². The zero-order valence-corrected chi connectivity index (χ0v) is 26.3. The molecule has 1 fully saturated rings. The van der Waals surface area contributed by atoms with Crippen LogP contribution < -0.4 is 4.74 Å². The van der Waals surface area contributed by atoms with Gasteiger partial charge >= 0.3 is 5.97 Å². The number of piperidine rings is 1. The molecule has 234 valence electrons. The summed E-state index contributed by atoms with van der Waals surface area (Å²) in [6.07, 6.45) is 23.1. The molecule has 2 aliphatic heterocycles. The normalized spacial score (nSPS) is 27.4. The lowest BCUT2D eigenvalue weighted by molar-refractivity contribution is -0.169. The Bertz CT molecular complexity index is 1100. The monoisotopic (exact) mass is 581 g/mol. The summed E-state index contributed by atoms with van der Waals surface area (Å²) < 4.78 is 12.6. The number of carbonyl (C=O) groups is 1. The first-order chi connectivity index (χ1) is 20.5. The first kappa shape index (κ1) is 31.5. The minimum Gasteiger partial charge on any atom is -0.481 e. The standard InChI is InChI=1S/C36H55NO5/c1-3-4-5-6-7-8-9-10-11-12-13-14-15-16-17-18-31(39)41-29-21-22-36(40)30-25-27-19-20-28(26-38)33-32(27)35(36,34(29)42-33)23-24-37(30)2/h19-21,30,34,38,40H,3-18,22-26H2,1-2H3/t30-,34+,35+,36-/m1/s1. The lowest BCUT2D eigenvalue weighted by Crippen LogP contribution is -2.74. The Balaban J connectivity index is 1.06. The number of aliphatic hydroxyl groups excluding tert-OH is 1. The number of ether oxygens (including phenoxy) is 2. The van der Waals surface area contributed by atoms with Gasteiger partial charge in [-0.1, -0.05) is 109 Å². The van der Waals surface area contributed by atoms with Crippen molar-refractivity contribution in [1.29, 1.82) is 0 Å². The first-order valence-electron chi connectivity index (χ1n) is 17.2. The van der Waals surface area contributed by atoms with Crippen molar-refractivity contribution in [2.75, 3.05) is 13.6 Å². The summed E-state index contributed by atoms with van der Waals surface area (Å²) >= 11 is 0. The number of nitrogens with zero attached hydrogens (tertiary/aromatic N) is 1. The van der Waals surface area contributed by atoms with Gasteiger partial charge in [0, 0.05) is 30.0 Å². The van der Waals surface area contributed by atoms with Crippen molar-refractivity contribution in [2.24, 2.45) is 0 Å². The quantitative estimate of drug-likeness (QED) is 0.140. The molecule has 0 unspecified atom stereocenters. The van der Waals surface area contributed by atoms with E-state index in [4.69, 9.17) is 9.47 Å². The van der Waals surface area contributed by atoms with Crippen LogP contribution in [0.3, 0.4) is 0 Å². The Morgan fingerprint density at radius 3 is 2.21 bits per heavy atom. The molecule has 2 aliphatic carbocycles. The highest BCUT2D eigenvalue weighted by atomic mass is 16.6. The molecule has 2 N–H and O–H groups in total. The zero-order chi connectivity index (χ0) is 29.6. The Labute approximate surface area is 253 Å². The van der Waals surface area contributed by atoms with Gasteiger partial charge in [0.15, 0.2) is 6.10 Å². The van der Waals surface area contributed by atoms with E-state index in [0.717, 1.165) is 43.4 Å². The van der Waals surface area contributed by atoms with Crippen LogP contribution in [-0.4, -0.2) is 52.4 Å². The summed E-state index contributed by atoms with van der Waals surface area (Å²) in [5.74, 6) is 1.02. The van der Waals surface area contributed by atoms with E-state index in [2.05, 4.69) is 24.9 Å². The number of rotatable bonds is 18. The van der Waals surface area contributed by atoms with Crippen molar-refractivity contribution in [2.45, 2.75) is 159 Å². The lowest BCUT2D eigenvalue weighted by atomic mass is 9.50. The molecule has 0 radical (unpaired) electrons. The van der Waals surface area contributed by atoms with Crippen molar-refractivity contribution >= 4 is 5.97 Å². The highest BCUT2D eigenvalue weighted by Crippen LogP contribution is 2.64. The molecule has 4 aliphatic rings. The van der Waals surface area contributed by atoms with E-state index in [-0.39, 0.29) is 18.6 Å². The van der Waals surface area contributed by atoms with Crippen molar-refractivity contribution in [3.8, 4) is 5.75 Å². The third-order valence-corrected chi connectivity index (χ3v) is 10.8. The maximum Gasteiger partial charge on any atom is 0.310 e. The molecule has 0 amide bonds. The second-order valence-corrected chi connectivity index (χ2v) is 13.6. The Hall–Kier alpha value is -1.89. The Kier molecular flexibility index (Phi) is 10.7. The molecule has 4 atom stereocenters. The number of likely N-dealkylation sites (tertiary alicyclic amines) is 1. The second-order valence-electron chi connectivity index (χ2n) is 13.6. The maximum absolute atomic E-state index is 13.0. The minimum atomic E-state index is -0.999. The number of hydrogen-bond donors (Lipinski definition) is 2. The van der Waals surface area contributed by atoms with E-state index in [1.54, 1.807) is 0 Å². The van der Waals surface area contributed by atoms with Crippen LogP contribution in [0.1, 0.15) is 139 Å². The molecule has 0 saturated carbocycles. The van der Waals surface area contributed by atoms with Crippen LogP contribution in [0.25, 0.3) is 0 Å². The maximum atomic E-state index is 13.0. The number of benzene rings is 1. The van der Waals surface area contributed by atoms with Crippen molar-refractivity contribution in [1.82, 2.24) is 4.90 Å². The molecule has 1 spiro atoms.